The van der Waals surface area contributed by atoms with Crippen LogP contribution in [0, 0.1) is 5.92 Å². The molecule has 1 aliphatic rings. The van der Waals surface area contributed by atoms with Gasteiger partial charge in [0, 0.05) is 13.0 Å². The van der Waals surface area contributed by atoms with E-state index in [9.17, 15) is 9.59 Å². The highest BCUT2D eigenvalue weighted by atomic mass is 16.5. The zero-order valence-electron chi connectivity index (χ0n) is 12.1. The molecule has 0 N–H and O–H groups in total. The van der Waals surface area contributed by atoms with Crippen LogP contribution < -0.4 is 4.90 Å². The fraction of sp³-hybridized carbons (Fsp3) is 0.500. The third-order valence-electron chi connectivity index (χ3n) is 3.96. The first-order valence-corrected chi connectivity index (χ1v) is 7.10. The standard InChI is InChI=1S/C16H21NO3/c1-17(15(18)12-8-4-3-5-9-12)14-11-7-6-10-13(14)16(19)20-2/h6-7,10-12H,3-5,8-9H2,1-2H3. The number of carbonyl (C=O) groups excluding carboxylic acids is 2. The Kier molecular flexibility index (Phi) is 4.77. The predicted octanol–water partition coefficient (Wildman–Crippen LogP) is 3.02. The van der Waals surface area contributed by atoms with E-state index >= 15 is 0 Å². The highest BCUT2D eigenvalue weighted by molar-refractivity contribution is 6.02. The molecular weight excluding hydrogens is 254 g/mol. The Morgan fingerprint density at radius 1 is 1.15 bits per heavy atom. The summed E-state index contributed by atoms with van der Waals surface area (Å²) in [5.74, 6) is -0.232. The van der Waals surface area contributed by atoms with Crippen LogP contribution >= 0.6 is 0 Å². The number of anilines is 1. The van der Waals surface area contributed by atoms with E-state index in [-0.39, 0.29) is 11.8 Å². The van der Waals surface area contributed by atoms with Crippen molar-refractivity contribution in [2.75, 3.05) is 19.1 Å². The number of benzene rings is 1. The van der Waals surface area contributed by atoms with Gasteiger partial charge in [-0.1, -0.05) is 31.4 Å². The van der Waals surface area contributed by atoms with E-state index in [1.165, 1.54) is 13.5 Å². The van der Waals surface area contributed by atoms with E-state index in [4.69, 9.17) is 4.74 Å². The summed E-state index contributed by atoms with van der Waals surface area (Å²) < 4.78 is 4.78. The lowest BCUT2D eigenvalue weighted by Gasteiger charge is -2.27. The molecule has 0 spiro atoms. The van der Waals surface area contributed by atoms with E-state index < -0.39 is 5.97 Å². The normalized spacial score (nSPS) is 15.7. The van der Waals surface area contributed by atoms with Gasteiger partial charge < -0.3 is 9.64 Å². The Hall–Kier alpha value is -1.84. The number of carbonyl (C=O) groups is 2. The average Bonchev–Trinajstić information content (AvgIpc) is 2.53. The zero-order valence-corrected chi connectivity index (χ0v) is 12.1. The van der Waals surface area contributed by atoms with Crippen molar-refractivity contribution in [1.82, 2.24) is 0 Å². The van der Waals surface area contributed by atoms with Gasteiger partial charge in [-0.15, -0.1) is 0 Å². The number of amides is 1. The molecule has 1 amide bonds. The third-order valence-corrected chi connectivity index (χ3v) is 3.96. The molecule has 0 heterocycles. The number of nitrogens with zero attached hydrogens (tertiary/aromatic N) is 1. The monoisotopic (exact) mass is 275 g/mol. The van der Waals surface area contributed by atoms with Gasteiger partial charge in [0.2, 0.25) is 5.91 Å². The zero-order chi connectivity index (χ0) is 14.5. The predicted molar refractivity (Wildman–Crippen MR) is 77.8 cm³/mol. The van der Waals surface area contributed by atoms with Crippen LogP contribution in [-0.4, -0.2) is 26.0 Å². The summed E-state index contributed by atoms with van der Waals surface area (Å²) in [6.07, 6.45) is 5.34. The van der Waals surface area contributed by atoms with Crippen LogP contribution in [0.3, 0.4) is 0 Å². The lowest BCUT2D eigenvalue weighted by atomic mass is 9.88. The molecule has 108 valence electrons. The summed E-state index contributed by atoms with van der Waals surface area (Å²) in [5.41, 5.74) is 1.05. The molecule has 0 radical (unpaired) electrons. The second-order valence-electron chi connectivity index (χ2n) is 5.24. The number of methoxy groups -OCH3 is 1. The van der Waals surface area contributed by atoms with Gasteiger partial charge in [0.25, 0.3) is 0 Å². The average molecular weight is 275 g/mol. The van der Waals surface area contributed by atoms with E-state index in [0.717, 1.165) is 25.7 Å². The fourth-order valence-electron chi connectivity index (χ4n) is 2.79. The van der Waals surface area contributed by atoms with Crippen LogP contribution in [0.5, 0.6) is 0 Å². The summed E-state index contributed by atoms with van der Waals surface area (Å²) in [7, 11) is 3.08. The number of hydrogen-bond acceptors (Lipinski definition) is 3. The quantitative estimate of drug-likeness (QED) is 0.797. The van der Waals surface area contributed by atoms with Gasteiger partial charge in [-0.25, -0.2) is 4.79 Å². The van der Waals surface area contributed by atoms with Crippen LogP contribution in [0.1, 0.15) is 42.5 Å². The summed E-state index contributed by atoms with van der Waals surface area (Å²) >= 11 is 0. The Morgan fingerprint density at radius 2 is 1.80 bits per heavy atom. The molecule has 4 heteroatoms. The van der Waals surface area contributed by atoms with E-state index in [0.29, 0.717) is 11.3 Å². The number of hydrogen-bond donors (Lipinski definition) is 0. The van der Waals surface area contributed by atoms with Crippen LogP contribution in [0.25, 0.3) is 0 Å². The SMILES string of the molecule is COC(=O)c1ccccc1N(C)C(=O)C1CCCCC1. The maximum absolute atomic E-state index is 12.5. The molecule has 2 rings (SSSR count). The largest absolute Gasteiger partial charge is 0.465 e. The number of para-hydroxylation sites is 1. The molecule has 1 fully saturated rings. The van der Waals surface area contributed by atoms with Gasteiger partial charge in [-0.2, -0.15) is 0 Å². The fourth-order valence-corrected chi connectivity index (χ4v) is 2.79. The van der Waals surface area contributed by atoms with E-state index in [1.807, 2.05) is 6.07 Å². The van der Waals surface area contributed by atoms with Crippen molar-refractivity contribution in [3.63, 3.8) is 0 Å². The lowest BCUT2D eigenvalue weighted by Crippen LogP contribution is -2.34. The molecule has 4 nitrogen and oxygen atoms in total. The molecule has 0 unspecified atom stereocenters. The van der Waals surface area contributed by atoms with Gasteiger partial charge in [0.1, 0.15) is 0 Å². The molecular formula is C16H21NO3. The number of rotatable bonds is 3. The van der Waals surface area contributed by atoms with Crippen molar-refractivity contribution in [1.29, 1.82) is 0 Å². The van der Waals surface area contributed by atoms with Crippen molar-refractivity contribution >= 4 is 17.6 Å². The summed E-state index contributed by atoms with van der Waals surface area (Å²) in [5, 5.41) is 0. The summed E-state index contributed by atoms with van der Waals surface area (Å²) in [4.78, 5) is 25.9. The minimum Gasteiger partial charge on any atom is -0.465 e. The van der Waals surface area contributed by atoms with Gasteiger partial charge in [0.05, 0.1) is 18.4 Å². The first kappa shape index (κ1) is 14.6. The Bertz CT molecular complexity index is 492. The third kappa shape index (κ3) is 3.00. The Labute approximate surface area is 119 Å². The second kappa shape index (κ2) is 6.55. The molecule has 20 heavy (non-hydrogen) atoms. The molecule has 0 aromatic heterocycles. The first-order valence-electron chi connectivity index (χ1n) is 7.10. The molecule has 1 saturated carbocycles. The van der Waals surface area contributed by atoms with Crippen LogP contribution in [0.2, 0.25) is 0 Å². The number of ether oxygens (including phenoxy) is 1. The maximum Gasteiger partial charge on any atom is 0.339 e. The minimum absolute atomic E-state index is 0.0828. The molecule has 1 aromatic carbocycles. The van der Waals surface area contributed by atoms with Crippen LogP contribution in [0.15, 0.2) is 24.3 Å². The Morgan fingerprint density at radius 3 is 2.45 bits per heavy atom. The van der Waals surface area contributed by atoms with Gasteiger partial charge in [-0.05, 0) is 25.0 Å². The highest BCUT2D eigenvalue weighted by Gasteiger charge is 2.26. The van der Waals surface area contributed by atoms with E-state index in [1.54, 1.807) is 30.1 Å². The van der Waals surface area contributed by atoms with Crippen molar-refractivity contribution in [2.45, 2.75) is 32.1 Å². The smallest absolute Gasteiger partial charge is 0.339 e. The van der Waals surface area contributed by atoms with Crippen molar-refractivity contribution in [3.05, 3.63) is 29.8 Å². The van der Waals surface area contributed by atoms with Crippen LogP contribution in [0.4, 0.5) is 5.69 Å². The number of esters is 1. The lowest BCUT2D eigenvalue weighted by molar-refractivity contribution is -0.123. The molecule has 1 aromatic rings. The molecule has 0 bridgehead atoms. The van der Waals surface area contributed by atoms with Gasteiger partial charge >= 0.3 is 5.97 Å². The van der Waals surface area contributed by atoms with Crippen molar-refractivity contribution in [2.24, 2.45) is 5.92 Å². The van der Waals surface area contributed by atoms with Crippen molar-refractivity contribution < 1.29 is 14.3 Å². The van der Waals surface area contributed by atoms with Gasteiger partial charge in [-0.3, -0.25) is 4.79 Å². The topological polar surface area (TPSA) is 46.6 Å². The minimum atomic E-state index is -0.413. The Balaban J connectivity index is 2.21. The maximum atomic E-state index is 12.5. The molecule has 0 saturated heterocycles. The van der Waals surface area contributed by atoms with Crippen LogP contribution in [-0.2, 0) is 9.53 Å². The molecule has 1 aliphatic carbocycles. The van der Waals surface area contributed by atoms with E-state index in [2.05, 4.69) is 0 Å². The molecule has 0 atom stereocenters. The second-order valence-corrected chi connectivity index (χ2v) is 5.24. The first-order chi connectivity index (χ1) is 9.65. The summed E-state index contributed by atoms with van der Waals surface area (Å²) in [6.45, 7) is 0. The van der Waals surface area contributed by atoms with Crippen molar-refractivity contribution in [3.8, 4) is 0 Å². The van der Waals surface area contributed by atoms with Gasteiger partial charge in [0.15, 0.2) is 0 Å². The summed E-state index contributed by atoms with van der Waals surface area (Å²) in [6, 6.07) is 7.07. The molecule has 0 aliphatic heterocycles. The highest BCUT2D eigenvalue weighted by Crippen LogP contribution is 2.28.